The number of hydrogen-bond donors (Lipinski definition) is 0. The van der Waals surface area contributed by atoms with Crippen LogP contribution < -0.4 is 4.90 Å². The number of nitrogens with zero attached hydrogens (tertiary/aromatic N) is 1. The number of methoxy groups -OCH3 is 1. The van der Waals surface area contributed by atoms with Crippen LogP contribution in [-0.4, -0.2) is 32.1 Å². The number of carbonyl (C=O) groups is 1. The summed E-state index contributed by atoms with van der Waals surface area (Å²) in [5.41, 5.74) is 1.98. The Bertz CT molecular complexity index is 563. The quantitative estimate of drug-likeness (QED) is 0.549. The molecule has 1 fully saturated rings. The molecule has 0 bridgehead atoms. The van der Waals surface area contributed by atoms with Gasteiger partial charge in [0.25, 0.3) is 5.92 Å². The highest BCUT2D eigenvalue weighted by Crippen LogP contribution is 2.37. The molecule has 0 N–H and O–H groups in total. The SMILES string of the molecule is COC(=O)c1c(N2CCC(F)(F)C(C)C2)ccc(I)c1C. The van der Waals surface area contributed by atoms with Gasteiger partial charge in [-0.2, -0.15) is 0 Å². The minimum Gasteiger partial charge on any atom is -0.465 e. The number of ether oxygens (including phenoxy) is 1. The van der Waals surface area contributed by atoms with E-state index in [0.29, 0.717) is 11.3 Å². The van der Waals surface area contributed by atoms with E-state index in [-0.39, 0.29) is 19.5 Å². The van der Waals surface area contributed by atoms with Crippen LogP contribution in [0.1, 0.15) is 29.3 Å². The number of carbonyl (C=O) groups excluding carboxylic acids is 1. The van der Waals surface area contributed by atoms with Crippen molar-refractivity contribution < 1.29 is 18.3 Å². The van der Waals surface area contributed by atoms with Crippen molar-refractivity contribution >= 4 is 34.2 Å². The van der Waals surface area contributed by atoms with Crippen molar-refractivity contribution in [1.82, 2.24) is 0 Å². The maximum Gasteiger partial charge on any atom is 0.340 e. The molecule has 1 atom stereocenters. The maximum atomic E-state index is 13.6. The zero-order valence-corrected chi connectivity index (χ0v) is 14.4. The van der Waals surface area contributed by atoms with Gasteiger partial charge in [0.15, 0.2) is 0 Å². The van der Waals surface area contributed by atoms with E-state index in [9.17, 15) is 13.6 Å². The Kier molecular flexibility index (Phi) is 4.75. The number of rotatable bonds is 2. The molecule has 1 aliphatic rings. The van der Waals surface area contributed by atoms with E-state index in [2.05, 4.69) is 22.6 Å². The maximum absolute atomic E-state index is 13.6. The van der Waals surface area contributed by atoms with E-state index in [1.807, 2.05) is 24.0 Å². The fourth-order valence-electron chi connectivity index (χ4n) is 2.60. The van der Waals surface area contributed by atoms with E-state index < -0.39 is 17.8 Å². The first-order valence-electron chi connectivity index (χ1n) is 6.78. The van der Waals surface area contributed by atoms with Crippen LogP contribution in [0.25, 0.3) is 0 Å². The van der Waals surface area contributed by atoms with Gasteiger partial charge in [-0.05, 0) is 47.2 Å². The highest BCUT2D eigenvalue weighted by molar-refractivity contribution is 14.1. The first-order valence-corrected chi connectivity index (χ1v) is 7.86. The molecule has 6 heteroatoms. The van der Waals surface area contributed by atoms with Crippen LogP contribution in [0, 0.1) is 16.4 Å². The minimum atomic E-state index is -2.64. The molecule has 0 aromatic heterocycles. The average molecular weight is 409 g/mol. The number of benzene rings is 1. The Morgan fingerprint density at radius 2 is 2.14 bits per heavy atom. The van der Waals surface area contributed by atoms with Gasteiger partial charge in [0.2, 0.25) is 0 Å². The van der Waals surface area contributed by atoms with Crippen molar-refractivity contribution in [2.45, 2.75) is 26.2 Å². The highest BCUT2D eigenvalue weighted by Gasteiger charge is 2.41. The molecule has 2 rings (SSSR count). The van der Waals surface area contributed by atoms with Crippen molar-refractivity contribution in [2.75, 3.05) is 25.1 Å². The standard InChI is InChI=1S/C15H18F2INO2/c1-9-8-19(7-6-15(9,16)17)12-5-4-11(18)10(2)13(12)14(20)21-3/h4-5,9H,6-8H2,1-3H3. The topological polar surface area (TPSA) is 29.5 Å². The lowest BCUT2D eigenvalue weighted by molar-refractivity contribution is -0.0651. The summed E-state index contributed by atoms with van der Waals surface area (Å²) in [5, 5.41) is 0. The van der Waals surface area contributed by atoms with Gasteiger partial charge in [-0.1, -0.05) is 6.92 Å². The molecule has 0 aliphatic carbocycles. The van der Waals surface area contributed by atoms with Gasteiger partial charge >= 0.3 is 5.97 Å². The second-order valence-corrected chi connectivity index (χ2v) is 6.58. The molecular weight excluding hydrogens is 391 g/mol. The molecule has 1 unspecified atom stereocenters. The van der Waals surface area contributed by atoms with Crippen LogP contribution in [0.5, 0.6) is 0 Å². The summed E-state index contributed by atoms with van der Waals surface area (Å²) in [5.74, 6) is -3.80. The summed E-state index contributed by atoms with van der Waals surface area (Å²) >= 11 is 2.15. The van der Waals surface area contributed by atoms with E-state index in [0.717, 1.165) is 9.13 Å². The highest BCUT2D eigenvalue weighted by atomic mass is 127. The van der Waals surface area contributed by atoms with Crippen LogP contribution in [0.4, 0.5) is 14.5 Å². The summed E-state index contributed by atoms with van der Waals surface area (Å²) in [6, 6.07) is 3.71. The molecule has 0 spiro atoms. The lowest BCUT2D eigenvalue weighted by Crippen LogP contribution is -2.46. The molecule has 1 saturated heterocycles. The lowest BCUT2D eigenvalue weighted by Gasteiger charge is -2.38. The molecule has 116 valence electrons. The van der Waals surface area contributed by atoms with Crippen LogP contribution in [-0.2, 0) is 4.74 Å². The monoisotopic (exact) mass is 409 g/mol. The van der Waals surface area contributed by atoms with Crippen molar-refractivity contribution in [3.8, 4) is 0 Å². The number of piperidine rings is 1. The summed E-state index contributed by atoms with van der Waals surface area (Å²) < 4.78 is 33.1. The van der Waals surface area contributed by atoms with Crippen molar-refractivity contribution in [1.29, 1.82) is 0 Å². The number of alkyl halides is 2. The Labute approximate surface area is 136 Å². The molecule has 1 aromatic rings. The normalized spacial score (nSPS) is 21.2. The first kappa shape index (κ1) is 16.5. The Morgan fingerprint density at radius 1 is 1.48 bits per heavy atom. The third kappa shape index (κ3) is 3.14. The van der Waals surface area contributed by atoms with Crippen LogP contribution in [0.3, 0.4) is 0 Å². The third-order valence-corrected chi connectivity index (χ3v) is 5.21. The molecule has 0 amide bonds. The zero-order valence-electron chi connectivity index (χ0n) is 12.3. The van der Waals surface area contributed by atoms with Crippen molar-refractivity contribution in [3.05, 3.63) is 26.8 Å². The lowest BCUT2D eigenvalue weighted by atomic mass is 9.94. The van der Waals surface area contributed by atoms with Gasteiger partial charge in [0.05, 0.1) is 18.4 Å². The van der Waals surface area contributed by atoms with Gasteiger partial charge in [-0.15, -0.1) is 0 Å². The largest absolute Gasteiger partial charge is 0.465 e. The van der Waals surface area contributed by atoms with Crippen molar-refractivity contribution in [3.63, 3.8) is 0 Å². The van der Waals surface area contributed by atoms with E-state index >= 15 is 0 Å². The van der Waals surface area contributed by atoms with Gasteiger partial charge in [0.1, 0.15) is 0 Å². The Morgan fingerprint density at radius 3 is 2.71 bits per heavy atom. The van der Waals surface area contributed by atoms with Gasteiger partial charge in [-0.25, -0.2) is 13.6 Å². The predicted molar refractivity (Wildman–Crippen MR) is 86.2 cm³/mol. The van der Waals surface area contributed by atoms with E-state index in [4.69, 9.17) is 4.74 Å². The summed E-state index contributed by atoms with van der Waals surface area (Å²) in [6.07, 6.45) is -0.195. The number of halogens is 3. The minimum absolute atomic E-state index is 0.195. The summed E-state index contributed by atoms with van der Waals surface area (Å²) in [4.78, 5) is 13.9. The van der Waals surface area contributed by atoms with Gasteiger partial charge in [0, 0.05) is 29.0 Å². The Balaban J connectivity index is 2.41. The number of anilines is 1. The van der Waals surface area contributed by atoms with Gasteiger partial charge in [-0.3, -0.25) is 0 Å². The predicted octanol–water partition coefficient (Wildman–Crippen LogP) is 3.87. The van der Waals surface area contributed by atoms with Crippen LogP contribution in [0.2, 0.25) is 0 Å². The number of hydrogen-bond acceptors (Lipinski definition) is 3. The molecule has 0 radical (unpaired) electrons. The molecule has 1 heterocycles. The fourth-order valence-corrected chi connectivity index (χ4v) is 3.05. The smallest absolute Gasteiger partial charge is 0.340 e. The fraction of sp³-hybridized carbons (Fsp3) is 0.533. The van der Waals surface area contributed by atoms with E-state index in [1.54, 1.807) is 6.92 Å². The first-order chi connectivity index (χ1) is 9.77. The molecular formula is C15H18F2INO2. The molecule has 1 aliphatic heterocycles. The van der Waals surface area contributed by atoms with Crippen LogP contribution >= 0.6 is 22.6 Å². The second-order valence-electron chi connectivity index (χ2n) is 5.42. The average Bonchev–Trinajstić information content (AvgIpc) is 2.44. The molecule has 1 aromatic carbocycles. The Hall–Kier alpha value is -0.920. The van der Waals surface area contributed by atoms with Gasteiger partial charge < -0.3 is 9.64 Å². The van der Waals surface area contributed by atoms with E-state index in [1.165, 1.54) is 7.11 Å². The zero-order chi connectivity index (χ0) is 15.8. The molecule has 3 nitrogen and oxygen atoms in total. The summed E-state index contributed by atoms with van der Waals surface area (Å²) in [7, 11) is 1.33. The second kappa shape index (κ2) is 6.06. The molecule has 0 saturated carbocycles. The summed E-state index contributed by atoms with van der Waals surface area (Å²) in [6.45, 7) is 3.86. The van der Waals surface area contributed by atoms with Crippen LogP contribution in [0.15, 0.2) is 12.1 Å². The van der Waals surface area contributed by atoms with Crippen molar-refractivity contribution in [2.24, 2.45) is 5.92 Å². The number of esters is 1. The third-order valence-electron chi connectivity index (χ3n) is 4.04. The molecule has 21 heavy (non-hydrogen) atoms.